The Morgan fingerprint density at radius 3 is 2.31 bits per heavy atom. The minimum Gasteiger partial charge on any atom is -0.493 e. The molecule has 1 aliphatic heterocycles. The highest BCUT2D eigenvalue weighted by molar-refractivity contribution is 5.68. The Morgan fingerprint density at radius 1 is 1.08 bits per heavy atom. The number of methoxy groups -OCH3 is 2. The summed E-state index contributed by atoms with van der Waals surface area (Å²) in [4.78, 5) is 16.2. The lowest BCUT2D eigenvalue weighted by Gasteiger charge is -2.35. The summed E-state index contributed by atoms with van der Waals surface area (Å²) in [6.45, 7) is 10.5. The lowest BCUT2D eigenvalue weighted by Crippen LogP contribution is -2.50. The van der Waals surface area contributed by atoms with Crippen molar-refractivity contribution in [1.82, 2.24) is 9.80 Å². The number of anilines is 1. The highest BCUT2D eigenvalue weighted by Crippen LogP contribution is 2.29. The molecule has 1 heterocycles. The van der Waals surface area contributed by atoms with Crippen molar-refractivity contribution in [2.24, 2.45) is 0 Å². The molecule has 26 heavy (non-hydrogen) atoms. The number of nitrogens with one attached hydrogen (secondary N) is 1. The summed E-state index contributed by atoms with van der Waals surface area (Å²) >= 11 is 0. The molecular formula is C19H31N3O4. The molecule has 0 atom stereocenters. The number of ether oxygens (including phenoxy) is 3. The predicted molar refractivity (Wildman–Crippen MR) is 102 cm³/mol. The Morgan fingerprint density at radius 2 is 1.73 bits per heavy atom. The van der Waals surface area contributed by atoms with Gasteiger partial charge in [0.05, 0.1) is 14.2 Å². The number of nitrogens with zero attached hydrogens (tertiary/aromatic N) is 2. The molecule has 0 aromatic heterocycles. The van der Waals surface area contributed by atoms with Crippen LogP contribution in [0.2, 0.25) is 0 Å². The van der Waals surface area contributed by atoms with Crippen LogP contribution < -0.4 is 14.8 Å². The van der Waals surface area contributed by atoms with E-state index in [1.54, 1.807) is 19.1 Å². The summed E-state index contributed by atoms with van der Waals surface area (Å²) in [5, 5.41) is 3.40. The van der Waals surface area contributed by atoms with Crippen molar-refractivity contribution in [3.63, 3.8) is 0 Å². The van der Waals surface area contributed by atoms with E-state index in [9.17, 15) is 4.79 Å². The number of carbonyl (C=O) groups is 1. The molecular weight excluding hydrogens is 334 g/mol. The van der Waals surface area contributed by atoms with E-state index in [-0.39, 0.29) is 6.09 Å². The van der Waals surface area contributed by atoms with Crippen molar-refractivity contribution in [3.8, 4) is 11.5 Å². The van der Waals surface area contributed by atoms with Gasteiger partial charge in [-0.2, -0.15) is 0 Å². The Balaban J connectivity index is 1.73. The summed E-state index contributed by atoms with van der Waals surface area (Å²) in [6, 6.07) is 5.79. The van der Waals surface area contributed by atoms with Crippen molar-refractivity contribution in [1.29, 1.82) is 0 Å². The van der Waals surface area contributed by atoms with Gasteiger partial charge in [-0.15, -0.1) is 0 Å². The summed E-state index contributed by atoms with van der Waals surface area (Å²) in [5.41, 5.74) is 0.549. The molecule has 2 rings (SSSR count). The highest BCUT2D eigenvalue weighted by Gasteiger charge is 2.25. The maximum absolute atomic E-state index is 12.1. The van der Waals surface area contributed by atoms with Gasteiger partial charge in [-0.05, 0) is 32.9 Å². The summed E-state index contributed by atoms with van der Waals surface area (Å²) < 4.78 is 16.0. The molecule has 1 aliphatic rings. The number of benzene rings is 1. The third-order valence-corrected chi connectivity index (χ3v) is 4.16. The molecule has 7 heteroatoms. The van der Waals surface area contributed by atoms with E-state index >= 15 is 0 Å². The molecule has 7 nitrogen and oxygen atoms in total. The van der Waals surface area contributed by atoms with Gasteiger partial charge in [-0.3, -0.25) is 4.90 Å². The summed E-state index contributed by atoms with van der Waals surface area (Å²) in [7, 11) is 3.26. The zero-order valence-electron chi connectivity index (χ0n) is 16.5. The van der Waals surface area contributed by atoms with Crippen molar-refractivity contribution in [2.45, 2.75) is 26.4 Å². The Kier molecular flexibility index (Phi) is 6.97. The molecule has 146 valence electrons. The lowest BCUT2D eigenvalue weighted by molar-refractivity contribution is 0.0148. The van der Waals surface area contributed by atoms with Crippen molar-refractivity contribution >= 4 is 11.8 Å². The van der Waals surface area contributed by atoms with Crippen LogP contribution in [-0.4, -0.2) is 75.0 Å². The van der Waals surface area contributed by atoms with E-state index in [4.69, 9.17) is 14.2 Å². The second-order valence-electron chi connectivity index (χ2n) is 7.31. The van der Waals surface area contributed by atoms with E-state index in [0.29, 0.717) is 18.8 Å². The fourth-order valence-electron chi connectivity index (χ4n) is 2.79. The van der Waals surface area contributed by atoms with E-state index in [0.717, 1.165) is 37.6 Å². The number of hydrogen-bond acceptors (Lipinski definition) is 6. The molecule has 1 amide bonds. The second kappa shape index (κ2) is 8.98. The van der Waals surface area contributed by atoms with Crippen LogP contribution in [0.4, 0.5) is 10.5 Å². The van der Waals surface area contributed by atoms with E-state index in [1.165, 1.54) is 0 Å². The number of amides is 1. The minimum atomic E-state index is -0.447. The van der Waals surface area contributed by atoms with E-state index in [2.05, 4.69) is 10.2 Å². The van der Waals surface area contributed by atoms with Crippen LogP contribution >= 0.6 is 0 Å². The zero-order valence-corrected chi connectivity index (χ0v) is 16.5. The quantitative estimate of drug-likeness (QED) is 0.836. The summed E-state index contributed by atoms with van der Waals surface area (Å²) in [5.74, 6) is 1.43. The first kappa shape index (κ1) is 20.2. The van der Waals surface area contributed by atoms with Gasteiger partial charge >= 0.3 is 6.09 Å². The third kappa shape index (κ3) is 5.98. The third-order valence-electron chi connectivity index (χ3n) is 4.16. The molecule has 1 saturated heterocycles. The van der Waals surface area contributed by atoms with Crippen LogP contribution in [0.15, 0.2) is 18.2 Å². The zero-order chi connectivity index (χ0) is 19.2. The van der Waals surface area contributed by atoms with Crippen molar-refractivity contribution < 1.29 is 19.0 Å². The van der Waals surface area contributed by atoms with Crippen LogP contribution in [0.3, 0.4) is 0 Å². The highest BCUT2D eigenvalue weighted by atomic mass is 16.6. The molecule has 0 radical (unpaired) electrons. The number of piperazine rings is 1. The van der Waals surface area contributed by atoms with Crippen molar-refractivity contribution in [2.75, 3.05) is 58.8 Å². The number of rotatable bonds is 6. The SMILES string of the molecule is COc1ccc(NCCN2CCN(C(=O)OC(C)(C)C)CC2)cc1OC. The molecule has 1 N–H and O–H groups in total. The van der Waals surface area contributed by atoms with Crippen LogP contribution in [0.1, 0.15) is 20.8 Å². The Labute approximate surface area is 156 Å². The monoisotopic (exact) mass is 365 g/mol. The van der Waals surface area contributed by atoms with Crippen LogP contribution in [0.25, 0.3) is 0 Å². The fraction of sp³-hybridized carbons (Fsp3) is 0.632. The van der Waals surface area contributed by atoms with Crippen LogP contribution in [-0.2, 0) is 4.74 Å². The number of carbonyl (C=O) groups excluding carboxylic acids is 1. The smallest absolute Gasteiger partial charge is 0.410 e. The molecule has 1 fully saturated rings. The van der Waals surface area contributed by atoms with Gasteiger partial charge in [0.25, 0.3) is 0 Å². The Hall–Kier alpha value is -2.15. The molecule has 1 aromatic rings. The maximum atomic E-state index is 12.1. The van der Waals surface area contributed by atoms with Gasteiger partial charge in [0.1, 0.15) is 5.60 Å². The largest absolute Gasteiger partial charge is 0.493 e. The standard InChI is InChI=1S/C19H31N3O4/c1-19(2,3)26-18(23)22-12-10-21(11-13-22)9-8-20-15-6-7-16(24-4)17(14-15)25-5/h6-7,14,20H,8-13H2,1-5H3. The van der Waals surface area contributed by atoms with Gasteiger partial charge in [0.2, 0.25) is 0 Å². The first-order valence-electron chi connectivity index (χ1n) is 8.98. The van der Waals surface area contributed by atoms with Crippen molar-refractivity contribution in [3.05, 3.63) is 18.2 Å². The fourth-order valence-corrected chi connectivity index (χ4v) is 2.79. The first-order valence-corrected chi connectivity index (χ1v) is 8.98. The molecule has 0 unspecified atom stereocenters. The van der Waals surface area contributed by atoms with Gasteiger partial charge < -0.3 is 24.4 Å². The average Bonchev–Trinajstić information content (AvgIpc) is 2.60. The maximum Gasteiger partial charge on any atom is 0.410 e. The molecule has 1 aromatic carbocycles. The topological polar surface area (TPSA) is 63.3 Å². The summed E-state index contributed by atoms with van der Waals surface area (Å²) in [6.07, 6.45) is -0.222. The van der Waals surface area contributed by atoms with Gasteiger partial charge in [-0.25, -0.2) is 4.79 Å². The normalized spacial score (nSPS) is 15.5. The molecule has 0 bridgehead atoms. The van der Waals surface area contributed by atoms with Gasteiger partial charge in [0.15, 0.2) is 11.5 Å². The lowest BCUT2D eigenvalue weighted by atomic mass is 10.2. The van der Waals surface area contributed by atoms with E-state index < -0.39 is 5.60 Å². The average molecular weight is 365 g/mol. The van der Waals surface area contributed by atoms with Gasteiger partial charge in [0, 0.05) is 51.0 Å². The predicted octanol–water partition coefficient (Wildman–Crippen LogP) is 2.67. The number of hydrogen-bond donors (Lipinski definition) is 1. The molecule has 0 aliphatic carbocycles. The minimum absolute atomic E-state index is 0.222. The Bertz CT molecular complexity index is 593. The van der Waals surface area contributed by atoms with Crippen LogP contribution in [0.5, 0.6) is 11.5 Å². The van der Waals surface area contributed by atoms with Crippen LogP contribution in [0, 0.1) is 0 Å². The van der Waals surface area contributed by atoms with Gasteiger partial charge in [-0.1, -0.05) is 0 Å². The molecule has 0 spiro atoms. The molecule has 0 saturated carbocycles. The van der Waals surface area contributed by atoms with E-state index in [1.807, 2.05) is 39.0 Å². The first-order chi connectivity index (χ1) is 12.3. The second-order valence-corrected chi connectivity index (χ2v) is 7.31.